The highest BCUT2D eigenvalue weighted by atomic mass is 16.5. The molecule has 0 spiro atoms. The Kier molecular flexibility index (Phi) is 20.3. The molecule has 0 N–H and O–H groups in total. The van der Waals surface area contributed by atoms with Gasteiger partial charge in [-0.15, -0.1) is 0 Å². The standard InChI is InChI=1S/C32H62N2O4/c1-9-33(10-2,25-27-37-31(35)29(5)6)23-21-19-17-15-13-14-16-18-20-22-24-34(11-3,12-4)26-28-38-32(36)30(7)8/h5,7,9-28H2,1-4,6,8H3/q+2. The van der Waals surface area contributed by atoms with Crippen LogP contribution >= 0.6 is 0 Å². The van der Waals surface area contributed by atoms with Crippen LogP contribution in [0.15, 0.2) is 24.3 Å². The van der Waals surface area contributed by atoms with Crippen LogP contribution in [-0.2, 0) is 19.1 Å². The van der Waals surface area contributed by atoms with Crippen molar-refractivity contribution in [2.75, 3.05) is 65.6 Å². The summed E-state index contributed by atoms with van der Waals surface area (Å²) >= 11 is 0. The van der Waals surface area contributed by atoms with Crippen LogP contribution in [0.5, 0.6) is 0 Å². The summed E-state index contributed by atoms with van der Waals surface area (Å²) in [6.07, 6.45) is 13.1. The van der Waals surface area contributed by atoms with Crippen LogP contribution in [0.3, 0.4) is 0 Å². The smallest absolute Gasteiger partial charge is 0.333 e. The van der Waals surface area contributed by atoms with Crippen molar-refractivity contribution in [1.82, 2.24) is 0 Å². The molecule has 6 nitrogen and oxygen atoms in total. The van der Waals surface area contributed by atoms with Crippen molar-refractivity contribution in [2.45, 2.75) is 106 Å². The van der Waals surface area contributed by atoms with Gasteiger partial charge in [0.05, 0.1) is 39.3 Å². The minimum Gasteiger partial charge on any atom is -0.456 e. The van der Waals surface area contributed by atoms with E-state index in [-0.39, 0.29) is 11.9 Å². The Labute approximate surface area is 235 Å². The van der Waals surface area contributed by atoms with Crippen LogP contribution in [0.1, 0.15) is 106 Å². The van der Waals surface area contributed by atoms with Crippen LogP contribution in [0.2, 0.25) is 0 Å². The lowest BCUT2D eigenvalue weighted by atomic mass is 10.1. The molecule has 0 heterocycles. The molecule has 222 valence electrons. The van der Waals surface area contributed by atoms with E-state index in [1.807, 2.05) is 0 Å². The Morgan fingerprint density at radius 3 is 1.00 bits per heavy atom. The fourth-order valence-corrected chi connectivity index (χ4v) is 5.15. The molecule has 0 saturated carbocycles. The minimum absolute atomic E-state index is 0.275. The molecule has 0 aromatic heterocycles. The van der Waals surface area contributed by atoms with Gasteiger partial charge in [-0.25, -0.2) is 9.59 Å². The number of unbranched alkanes of at least 4 members (excludes halogenated alkanes) is 9. The first-order chi connectivity index (χ1) is 18.1. The predicted molar refractivity (Wildman–Crippen MR) is 160 cm³/mol. The van der Waals surface area contributed by atoms with E-state index in [0.717, 1.165) is 48.2 Å². The van der Waals surface area contributed by atoms with Crippen LogP contribution < -0.4 is 0 Å². The zero-order chi connectivity index (χ0) is 28.9. The molecular weight excluding hydrogens is 476 g/mol. The third-order valence-electron chi connectivity index (χ3n) is 8.49. The van der Waals surface area contributed by atoms with Gasteiger partial charge in [0.2, 0.25) is 0 Å². The first-order valence-corrected chi connectivity index (χ1v) is 15.5. The minimum atomic E-state index is -0.275. The van der Waals surface area contributed by atoms with E-state index >= 15 is 0 Å². The number of rotatable bonds is 25. The maximum absolute atomic E-state index is 11.7. The number of likely N-dealkylation sites (N-methyl/N-ethyl adjacent to an activating group) is 2. The molecule has 6 heteroatoms. The van der Waals surface area contributed by atoms with Crippen molar-refractivity contribution in [3.63, 3.8) is 0 Å². The molecule has 0 aromatic rings. The fraction of sp³-hybridized carbons (Fsp3) is 0.812. The maximum Gasteiger partial charge on any atom is 0.333 e. The number of esters is 2. The lowest BCUT2D eigenvalue weighted by molar-refractivity contribution is -0.925. The number of carbonyl (C=O) groups is 2. The van der Waals surface area contributed by atoms with E-state index in [4.69, 9.17) is 9.47 Å². The van der Waals surface area contributed by atoms with E-state index in [0.29, 0.717) is 24.4 Å². The van der Waals surface area contributed by atoms with Crippen LogP contribution in [0.25, 0.3) is 0 Å². The Balaban J connectivity index is 3.95. The van der Waals surface area contributed by atoms with Gasteiger partial charge in [-0.1, -0.05) is 51.7 Å². The second-order valence-electron chi connectivity index (χ2n) is 11.2. The number of hydrogen-bond acceptors (Lipinski definition) is 4. The van der Waals surface area contributed by atoms with Crippen LogP contribution in [-0.4, -0.2) is 86.5 Å². The van der Waals surface area contributed by atoms with Crippen molar-refractivity contribution in [2.24, 2.45) is 0 Å². The number of ether oxygens (including phenoxy) is 2. The van der Waals surface area contributed by atoms with E-state index in [1.165, 1.54) is 77.3 Å². The van der Waals surface area contributed by atoms with Gasteiger partial charge in [0, 0.05) is 11.1 Å². The number of carbonyl (C=O) groups excluding carboxylic acids is 2. The average Bonchev–Trinajstić information content (AvgIpc) is 2.91. The number of nitrogens with zero attached hydrogens (tertiary/aromatic N) is 2. The topological polar surface area (TPSA) is 52.6 Å². The molecule has 0 rings (SSSR count). The second kappa shape index (κ2) is 21.2. The lowest BCUT2D eigenvalue weighted by Gasteiger charge is -2.36. The molecule has 0 saturated heterocycles. The Hall–Kier alpha value is -1.66. The van der Waals surface area contributed by atoms with Gasteiger partial charge in [-0.3, -0.25) is 0 Å². The second-order valence-corrected chi connectivity index (χ2v) is 11.2. The van der Waals surface area contributed by atoms with Crippen LogP contribution in [0.4, 0.5) is 0 Å². The van der Waals surface area contributed by atoms with E-state index < -0.39 is 0 Å². The predicted octanol–water partition coefficient (Wildman–Crippen LogP) is 6.84. The molecule has 0 fully saturated rings. The molecule has 0 amide bonds. The fourth-order valence-electron chi connectivity index (χ4n) is 5.15. The first kappa shape index (κ1) is 36.3. The molecule has 0 unspecified atom stereocenters. The van der Waals surface area contributed by atoms with Gasteiger partial charge < -0.3 is 18.4 Å². The highest BCUT2D eigenvalue weighted by Crippen LogP contribution is 2.15. The molecule has 0 bridgehead atoms. The van der Waals surface area contributed by atoms with Gasteiger partial charge >= 0.3 is 11.9 Å². The molecule has 0 radical (unpaired) electrons. The summed E-state index contributed by atoms with van der Waals surface area (Å²) in [4.78, 5) is 23.3. The Morgan fingerprint density at radius 1 is 0.500 bits per heavy atom. The van der Waals surface area contributed by atoms with Crippen molar-refractivity contribution in [1.29, 1.82) is 0 Å². The molecule has 0 aliphatic rings. The highest BCUT2D eigenvalue weighted by molar-refractivity contribution is 5.87. The molecule has 0 atom stereocenters. The van der Waals surface area contributed by atoms with Gasteiger partial charge in [0.15, 0.2) is 0 Å². The van der Waals surface area contributed by atoms with Crippen molar-refractivity contribution in [3.8, 4) is 0 Å². The van der Waals surface area contributed by atoms with Gasteiger partial charge in [0.25, 0.3) is 0 Å². The zero-order valence-corrected chi connectivity index (χ0v) is 26.1. The van der Waals surface area contributed by atoms with E-state index in [1.54, 1.807) is 13.8 Å². The van der Waals surface area contributed by atoms with Gasteiger partial charge in [-0.2, -0.15) is 0 Å². The SMILES string of the molecule is C=C(C)C(=O)OCC[N+](CC)(CC)CCCCCCCCCCCC[N+](CC)(CC)CCOC(=O)C(=C)C. The maximum atomic E-state index is 11.7. The van der Waals surface area contributed by atoms with Gasteiger partial charge in [0.1, 0.15) is 26.3 Å². The summed E-state index contributed by atoms with van der Waals surface area (Å²) in [7, 11) is 0. The van der Waals surface area contributed by atoms with Crippen LogP contribution in [0, 0.1) is 0 Å². The third kappa shape index (κ3) is 15.7. The molecular formula is C32H62N2O4+2. The molecule has 38 heavy (non-hydrogen) atoms. The highest BCUT2D eigenvalue weighted by Gasteiger charge is 2.24. The summed E-state index contributed by atoms with van der Waals surface area (Å²) in [5, 5.41) is 0. The van der Waals surface area contributed by atoms with Crippen molar-refractivity contribution in [3.05, 3.63) is 24.3 Å². The van der Waals surface area contributed by atoms with Crippen molar-refractivity contribution >= 4 is 11.9 Å². The number of quaternary nitrogens is 2. The summed E-state index contributed by atoms with van der Waals surface area (Å²) < 4.78 is 12.8. The summed E-state index contributed by atoms with van der Waals surface area (Å²) in [5.41, 5.74) is 0.947. The third-order valence-corrected chi connectivity index (χ3v) is 8.49. The zero-order valence-electron chi connectivity index (χ0n) is 26.1. The summed E-state index contributed by atoms with van der Waals surface area (Å²) in [6.45, 7) is 29.1. The normalized spacial score (nSPS) is 11.8. The Morgan fingerprint density at radius 2 is 0.763 bits per heavy atom. The number of hydrogen-bond donors (Lipinski definition) is 0. The van der Waals surface area contributed by atoms with E-state index in [2.05, 4.69) is 40.9 Å². The molecule has 0 aromatic carbocycles. The van der Waals surface area contributed by atoms with E-state index in [9.17, 15) is 9.59 Å². The largest absolute Gasteiger partial charge is 0.456 e. The Bertz CT molecular complexity index is 623. The monoisotopic (exact) mass is 538 g/mol. The van der Waals surface area contributed by atoms with Gasteiger partial charge in [-0.05, 0) is 67.2 Å². The average molecular weight is 539 g/mol. The first-order valence-electron chi connectivity index (χ1n) is 15.5. The molecule has 0 aliphatic carbocycles. The summed E-state index contributed by atoms with van der Waals surface area (Å²) in [5.74, 6) is -0.549. The summed E-state index contributed by atoms with van der Waals surface area (Å²) in [6, 6.07) is 0. The lowest BCUT2D eigenvalue weighted by Crippen LogP contribution is -2.50. The van der Waals surface area contributed by atoms with Crippen molar-refractivity contribution < 1.29 is 28.0 Å². The molecule has 0 aliphatic heterocycles. The quantitative estimate of drug-likeness (QED) is 0.0553.